The Labute approximate surface area is 104 Å². The first-order chi connectivity index (χ1) is 7.69. The van der Waals surface area contributed by atoms with Crippen molar-refractivity contribution in [3.05, 3.63) is 0 Å². The van der Waals surface area contributed by atoms with E-state index in [2.05, 4.69) is 6.92 Å². The minimum atomic E-state index is -0.0237. The van der Waals surface area contributed by atoms with Crippen LogP contribution in [0.1, 0.15) is 46.0 Å². The van der Waals surface area contributed by atoms with E-state index in [0.29, 0.717) is 5.88 Å². The lowest BCUT2D eigenvalue weighted by atomic mass is 9.96. The molecule has 0 bridgehead atoms. The van der Waals surface area contributed by atoms with E-state index in [1.807, 2.05) is 11.8 Å². The van der Waals surface area contributed by atoms with E-state index in [1.165, 1.54) is 25.7 Å². The molecule has 2 nitrogen and oxygen atoms in total. The maximum atomic E-state index is 12.0. The van der Waals surface area contributed by atoms with Crippen molar-refractivity contribution in [3.63, 3.8) is 0 Å². The predicted octanol–water partition coefficient (Wildman–Crippen LogP) is 3.29. The van der Waals surface area contributed by atoms with Crippen LogP contribution in [0.4, 0.5) is 0 Å². The summed E-state index contributed by atoms with van der Waals surface area (Å²) in [4.78, 5) is 14.0. The lowest BCUT2D eigenvalue weighted by Crippen LogP contribution is -2.36. The summed E-state index contributed by atoms with van der Waals surface area (Å²) >= 11 is 5.74. The van der Waals surface area contributed by atoms with Gasteiger partial charge in [-0.3, -0.25) is 4.79 Å². The number of carbonyl (C=O) groups is 1. The molecule has 1 amide bonds. The molecule has 0 spiro atoms. The van der Waals surface area contributed by atoms with E-state index in [9.17, 15) is 4.79 Å². The van der Waals surface area contributed by atoms with Crippen LogP contribution >= 0.6 is 11.6 Å². The van der Waals surface area contributed by atoms with Gasteiger partial charge in [0, 0.05) is 24.9 Å². The van der Waals surface area contributed by atoms with Crippen molar-refractivity contribution in [1.29, 1.82) is 0 Å². The zero-order valence-electron chi connectivity index (χ0n) is 10.5. The lowest BCUT2D eigenvalue weighted by Gasteiger charge is -2.23. The van der Waals surface area contributed by atoms with Gasteiger partial charge in [-0.05, 0) is 25.2 Å². The van der Waals surface area contributed by atoms with Crippen LogP contribution < -0.4 is 0 Å². The van der Waals surface area contributed by atoms with Gasteiger partial charge in [-0.1, -0.05) is 26.7 Å². The molecule has 1 saturated heterocycles. The van der Waals surface area contributed by atoms with Crippen LogP contribution in [0.3, 0.4) is 0 Å². The molecule has 3 heteroatoms. The highest BCUT2D eigenvalue weighted by molar-refractivity contribution is 6.19. The number of hydrogen-bond donors (Lipinski definition) is 0. The lowest BCUT2D eigenvalue weighted by molar-refractivity contribution is -0.134. The van der Waals surface area contributed by atoms with E-state index in [4.69, 9.17) is 11.6 Å². The molecule has 0 saturated carbocycles. The summed E-state index contributed by atoms with van der Waals surface area (Å²) in [5, 5.41) is 0. The largest absolute Gasteiger partial charge is 0.342 e. The number of alkyl halides is 1. The molecule has 2 atom stereocenters. The summed E-state index contributed by atoms with van der Waals surface area (Å²) in [6.07, 6.45) is 6.19. The number of nitrogens with zero attached hydrogens (tertiary/aromatic N) is 1. The topological polar surface area (TPSA) is 20.3 Å². The van der Waals surface area contributed by atoms with Crippen LogP contribution in [0.25, 0.3) is 0 Å². The molecule has 0 N–H and O–H groups in total. The summed E-state index contributed by atoms with van der Waals surface area (Å²) in [5.41, 5.74) is 0. The van der Waals surface area contributed by atoms with Crippen LogP contribution in [0.15, 0.2) is 0 Å². The summed E-state index contributed by atoms with van der Waals surface area (Å²) < 4.78 is 0. The molecule has 16 heavy (non-hydrogen) atoms. The maximum absolute atomic E-state index is 12.0. The summed E-state index contributed by atoms with van der Waals surface area (Å²) in [6, 6.07) is 0. The first-order valence-corrected chi connectivity index (χ1v) is 7.07. The standard InChI is InChI=1S/C13H24ClNO/c1-3-5-12-6-4-8-15(9-7-12)13(16)11(2)10-14/h11-12H,3-10H2,1-2H3. The molecule has 1 aliphatic rings. The molecule has 1 heterocycles. The zero-order chi connectivity index (χ0) is 12.0. The molecule has 0 aliphatic carbocycles. The van der Waals surface area contributed by atoms with Crippen LogP contribution in [0.2, 0.25) is 0 Å². The molecule has 2 unspecified atom stereocenters. The molecule has 0 radical (unpaired) electrons. The average Bonchev–Trinajstić information content (AvgIpc) is 2.53. The predicted molar refractivity (Wildman–Crippen MR) is 68.7 cm³/mol. The number of rotatable bonds is 4. The van der Waals surface area contributed by atoms with Crippen molar-refractivity contribution in [2.75, 3.05) is 19.0 Å². The van der Waals surface area contributed by atoms with Crippen molar-refractivity contribution >= 4 is 17.5 Å². The van der Waals surface area contributed by atoms with E-state index < -0.39 is 0 Å². The van der Waals surface area contributed by atoms with Gasteiger partial charge in [-0.2, -0.15) is 0 Å². The number of amides is 1. The van der Waals surface area contributed by atoms with Gasteiger partial charge in [0.25, 0.3) is 0 Å². The second-order valence-electron chi connectivity index (χ2n) is 4.97. The Morgan fingerprint density at radius 1 is 1.44 bits per heavy atom. The molecule has 0 aromatic rings. The highest BCUT2D eigenvalue weighted by Crippen LogP contribution is 2.22. The molecule has 1 rings (SSSR count). The van der Waals surface area contributed by atoms with E-state index >= 15 is 0 Å². The molecule has 1 aliphatic heterocycles. The average molecular weight is 246 g/mol. The Kier molecular flexibility index (Phi) is 6.18. The minimum absolute atomic E-state index is 0.0237. The Morgan fingerprint density at radius 2 is 2.19 bits per heavy atom. The van der Waals surface area contributed by atoms with Crippen molar-refractivity contribution in [2.45, 2.75) is 46.0 Å². The van der Waals surface area contributed by atoms with Gasteiger partial charge in [-0.25, -0.2) is 0 Å². The highest BCUT2D eigenvalue weighted by Gasteiger charge is 2.23. The number of likely N-dealkylation sites (tertiary alicyclic amines) is 1. The van der Waals surface area contributed by atoms with Crippen LogP contribution in [0, 0.1) is 11.8 Å². The quantitative estimate of drug-likeness (QED) is 0.696. The Morgan fingerprint density at radius 3 is 2.81 bits per heavy atom. The SMILES string of the molecule is CCCC1CCCN(C(=O)C(C)CCl)CC1. The number of carbonyl (C=O) groups excluding carboxylic acids is 1. The maximum Gasteiger partial charge on any atom is 0.226 e. The Balaban J connectivity index is 2.43. The molecule has 94 valence electrons. The third-order valence-corrected chi connectivity index (χ3v) is 3.97. The first-order valence-electron chi connectivity index (χ1n) is 6.53. The highest BCUT2D eigenvalue weighted by atomic mass is 35.5. The van der Waals surface area contributed by atoms with Crippen LogP contribution in [-0.2, 0) is 4.79 Å². The van der Waals surface area contributed by atoms with Crippen molar-refractivity contribution in [3.8, 4) is 0 Å². The van der Waals surface area contributed by atoms with E-state index in [0.717, 1.165) is 25.4 Å². The van der Waals surface area contributed by atoms with Gasteiger partial charge in [-0.15, -0.1) is 11.6 Å². The second kappa shape index (κ2) is 7.16. The number of hydrogen-bond acceptors (Lipinski definition) is 1. The second-order valence-corrected chi connectivity index (χ2v) is 5.27. The zero-order valence-corrected chi connectivity index (χ0v) is 11.3. The van der Waals surface area contributed by atoms with Gasteiger partial charge in [0.2, 0.25) is 5.91 Å². The van der Waals surface area contributed by atoms with Gasteiger partial charge >= 0.3 is 0 Å². The molecule has 0 aromatic heterocycles. The normalized spacial score (nSPS) is 23.9. The fourth-order valence-corrected chi connectivity index (χ4v) is 2.59. The van der Waals surface area contributed by atoms with Crippen molar-refractivity contribution < 1.29 is 4.79 Å². The third-order valence-electron chi connectivity index (χ3n) is 3.51. The van der Waals surface area contributed by atoms with Crippen molar-refractivity contribution in [2.24, 2.45) is 11.8 Å². The van der Waals surface area contributed by atoms with Crippen molar-refractivity contribution in [1.82, 2.24) is 4.90 Å². The summed E-state index contributed by atoms with van der Waals surface area (Å²) in [7, 11) is 0. The monoisotopic (exact) mass is 245 g/mol. The third kappa shape index (κ3) is 3.97. The minimum Gasteiger partial charge on any atom is -0.342 e. The van der Waals surface area contributed by atoms with Gasteiger partial charge in [0.05, 0.1) is 0 Å². The van der Waals surface area contributed by atoms with E-state index in [-0.39, 0.29) is 11.8 Å². The van der Waals surface area contributed by atoms with Gasteiger partial charge in [0.15, 0.2) is 0 Å². The van der Waals surface area contributed by atoms with Gasteiger partial charge < -0.3 is 4.90 Å². The molecule has 0 aromatic carbocycles. The van der Waals surface area contributed by atoms with Crippen LogP contribution in [0.5, 0.6) is 0 Å². The Bertz CT molecular complexity index is 220. The van der Waals surface area contributed by atoms with Gasteiger partial charge in [0.1, 0.15) is 0 Å². The fraction of sp³-hybridized carbons (Fsp3) is 0.923. The summed E-state index contributed by atoms with van der Waals surface area (Å²) in [5.74, 6) is 1.49. The summed E-state index contributed by atoms with van der Waals surface area (Å²) in [6.45, 7) is 6.03. The fourth-order valence-electron chi connectivity index (χ4n) is 2.46. The molecule has 1 fully saturated rings. The Hall–Kier alpha value is -0.240. The van der Waals surface area contributed by atoms with Crippen LogP contribution in [-0.4, -0.2) is 29.8 Å². The van der Waals surface area contributed by atoms with E-state index in [1.54, 1.807) is 0 Å². The molecular formula is C13H24ClNO. The number of halogens is 1. The first kappa shape index (κ1) is 13.8. The smallest absolute Gasteiger partial charge is 0.226 e. The molecular weight excluding hydrogens is 222 g/mol.